The Balaban J connectivity index is 2.23. The van der Waals surface area contributed by atoms with Crippen molar-refractivity contribution in [1.29, 1.82) is 0 Å². The second-order valence-electron chi connectivity index (χ2n) is 3.84. The Morgan fingerprint density at radius 3 is 2.84 bits per heavy atom. The van der Waals surface area contributed by atoms with Gasteiger partial charge in [0.2, 0.25) is 0 Å². The lowest BCUT2D eigenvalue weighted by Crippen LogP contribution is -2.13. The minimum atomic E-state index is -0.414. The molecule has 2 aromatic rings. The number of nitrogen functional groups attached to an aromatic ring is 1. The van der Waals surface area contributed by atoms with Gasteiger partial charge in [0.15, 0.2) is 0 Å². The van der Waals surface area contributed by atoms with E-state index in [1.807, 2.05) is 0 Å². The molecule has 19 heavy (non-hydrogen) atoms. The Hall–Kier alpha value is -2.76. The van der Waals surface area contributed by atoms with Crippen LogP contribution in [0.5, 0.6) is 11.5 Å². The van der Waals surface area contributed by atoms with E-state index in [-0.39, 0.29) is 11.3 Å². The largest absolute Gasteiger partial charge is 0.506 e. The second kappa shape index (κ2) is 5.26. The van der Waals surface area contributed by atoms with Gasteiger partial charge in [-0.2, -0.15) is 0 Å². The first-order valence-corrected chi connectivity index (χ1v) is 5.49. The Kier molecular flexibility index (Phi) is 3.51. The van der Waals surface area contributed by atoms with Crippen LogP contribution in [0.15, 0.2) is 36.7 Å². The van der Waals surface area contributed by atoms with E-state index in [2.05, 4.69) is 10.3 Å². The van der Waals surface area contributed by atoms with Gasteiger partial charge in [-0.3, -0.25) is 9.78 Å². The number of amides is 1. The molecule has 0 saturated heterocycles. The van der Waals surface area contributed by atoms with E-state index in [0.717, 1.165) is 0 Å². The SMILES string of the molecule is COc1ccc(N)c(NC(=O)c2cncc(O)c2)c1. The average Bonchev–Trinajstić information content (AvgIpc) is 2.41. The highest BCUT2D eigenvalue weighted by molar-refractivity contribution is 6.05. The number of nitrogens with two attached hydrogens (primary N) is 1. The van der Waals surface area contributed by atoms with E-state index in [9.17, 15) is 9.90 Å². The van der Waals surface area contributed by atoms with Crippen LogP contribution < -0.4 is 15.8 Å². The van der Waals surface area contributed by atoms with Crippen molar-refractivity contribution >= 4 is 17.3 Å². The van der Waals surface area contributed by atoms with Crippen LogP contribution >= 0.6 is 0 Å². The summed E-state index contributed by atoms with van der Waals surface area (Å²) < 4.78 is 5.06. The minimum Gasteiger partial charge on any atom is -0.506 e. The number of hydrogen-bond donors (Lipinski definition) is 3. The molecule has 98 valence electrons. The molecule has 0 radical (unpaired) electrons. The Bertz CT molecular complexity index is 614. The van der Waals surface area contributed by atoms with Crippen LogP contribution in [0.25, 0.3) is 0 Å². The predicted molar refractivity (Wildman–Crippen MR) is 71.3 cm³/mol. The van der Waals surface area contributed by atoms with E-state index < -0.39 is 5.91 Å². The number of rotatable bonds is 3. The fourth-order valence-electron chi connectivity index (χ4n) is 1.52. The maximum absolute atomic E-state index is 12.0. The molecule has 1 heterocycles. The topological polar surface area (TPSA) is 97.5 Å². The summed E-state index contributed by atoms with van der Waals surface area (Å²) in [6.07, 6.45) is 2.60. The van der Waals surface area contributed by atoms with Crippen LogP contribution in [-0.2, 0) is 0 Å². The molecule has 6 heteroatoms. The molecule has 0 fully saturated rings. The van der Waals surface area contributed by atoms with E-state index in [1.54, 1.807) is 18.2 Å². The molecule has 0 saturated carbocycles. The van der Waals surface area contributed by atoms with Gasteiger partial charge < -0.3 is 20.9 Å². The van der Waals surface area contributed by atoms with Gasteiger partial charge in [-0.25, -0.2) is 0 Å². The number of carbonyl (C=O) groups excluding carboxylic acids is 1. The van der Waals surface area contributed by atoms with Crippen molar-refractivity contribution < 1.29 is 14.6 Å². The Morgan fingerprint density at radius 1 is 1.37 bits per heavy atom. The minimum absolute atomic E-state index is 0.0775. The van der Waals surface area contributed by atoms with E-state index in [4.69, 9.17) is 10.5 Å². The third-order valence-corrected chi connectivity index (χ3v) is 2.49. The van der Waals surface area contributed by atoms with Crippen molar-refractivity contribution in [3.05, 3.63) is 42.2 Å². The van der Waals surface area contributed by atoms with Crippen molar-refractivity contribution in [3.8, 4) is 11.5 Å². The van der Waals surface area contributed by atoms with Gasteiger partial charge in [0, 0.05) is 12.3 Å². The molecule has 0 spiro atoms. The number of carbonyl (C=O) groups is 1. The quantitative estimate of drug-likeness (QED) is 0.728. The number of anilines is 2. The third kappa shape index (κ3) is 2.92. The van der Waals surface area contributed by atoms with Gasteiger partial charge in [-0.15, -0.1) is 0 Å². The number of hydrogen-bond acceptors (Lipinski definition) is 5. The number of benzene rings is 1. The summed E-state index contributed by atoms with van der Waals surface area (Å²) in [7, 11) is 1.52. The van der Waals surface area contributed by atoms with Crippen molar-refractivity contribution in [2.45, 2.75) is 0 Å². The number of nitrogens with one attached hydrogen (secondary N) is 1. The number of nitrogens with zero attached hydrogens (tertiary/aromatic N) is 1. The van der Waals surface area contributed by atoms with Crippen molar-refractivity contribution in [2.75, 3.05) is 18.2 Å². The molecule has 1 amide bonds. The molecule has 0 atom stereocenters. The molecule has 1 aromatic heterocycles. The van der Waals surface area contributed by atoms with Gasteiger partial charge in [-0.1, -0.05) is 0 Å². The summed E-state index contributed by atoms with van der Waals surface area (Å²) in [6, 6.07) is 6.26. The van der Waals surface area contributed by atoms with Gasteiger partial charge in [0.25, 0.3) is 5.91 Å². The summed E-state index contributed by atoms with van der Waals surface area (Å²) >= 11 is 0. The number of aromatic nitrogens is 1. The normalized spacial score (nSPS) is 9.95. The summed E-state index contributed by atoms with van der Waals surface area (Å²) in [4.78, 5) is 15.7. The highest BCUT2D eigenvalue weighted by Gasteiger charge is 2.10. The zero-order valence-corrected chi connectivity index (χ0v) is 10.3. The summed E-state index contributed by atoms with van der Waals surface area (Å²) in [5.41, 5.74) is 6.86. The molecule has 0 unspecified atom stereocenters. The molecule has 0 bridgehead atoms. The zero-order chi connectivity index (χ0) is 13.8. The average molecular weight is 259 g/mol. The van der Waals surface area contributed by atoms with E-state index in [0.29, 0.717) is 17.1 Å². The van der Waals surface area contributed by atoms with Gasteiger partial charge in [-0.05, 0) is 18.2 Å². The van der Waals surface area contributed by atoms with Crippen molar-refractivity contribution in [3.63, 3.8) is 0 Å². The maximum Gasteiger partial charge on any atom is 0.257 e. The molecule has 4 N–H and O–H groups in total. The van der Waals surface area contributed by atoms with Crippen LogP contribution in [0, 0.1) is 0 Å². The van der Waals surface area contributed by atoms with Crippen LogP contribution in [0.1, 0.15) is 10.4 Å². The maximum atomic E-state index is 12.0. The number of aromatic hydroxyl groups is 1. The monoisotopic (exact) mass is 259 g/mol. The lowest BCUT2D eigenvalue weighted by molar-refractivity contribution is 0.102. The Labute approximate surface area is 109 Å². The summed E-state index contributed by atoms with van der Waals surface area (Å²) in [5, 5.41) is 11.9. The fourth-order valence-corrected chi connectivity index (χ4v) is 1.52. The number of methoxy groups -OCH3 is 1. The standard InChI is InChI=1S/C13H13N3O3/c1-19-10-2-3-11(14)12(5-10)16-13(18)8-4-9(17)7-15-6-8/h2-7,17H,14H2,1H3,(H,16,18). The third-order valence-electron chi connectivity index (χ3n) is 2.49. The van der Waals surface area contributed by atoms with Crippen LogP contribution in [0.3, 0.4) is 0 Å². The Morgan fingerprint density at radius 2 is 2.16 bits per heavy atom. The van der Waals surface area contributed by atoms with Gasteiger partial charge in [0.1, 0.15) is 11.5 Å². The first-order valence-electron chi connectivity index (χ1n) is 5.49. The van der Waals surface area contributed by atoms with E-state index >= 15 is 0 Å². The van der Waals surface area contributed by atoms with Crippen LogP contribution in [-0.4, -0.2) is 23.1 Å². The van der Waals surface area contributed by atoms with Crippen molar-refractivity contribution in [1.82, 2.24) is 4.98 Å². The molecule has 0 aliphatic heterocycles. The summed E-state index contributed by atoms with van der Waals surface area (Å²) in [5.74, 6) is 0.0909. The molecule has 6 nitrogen and oxygen atoms in total. The molecular formula is C13H13N3O3. The second-order valence-corrected chi connectivity index (χ2v) is 3.84. The number of pyridine rings is 1. The lowest BCUT2D eigenvalue weighted by Gasteiger charge is -2.09. The van der Waals surface area contributed by atoms with Gasteiger partial charge >= 0.3 is 0 Å². The summed E-state index contributed by atoms with van der Waals surface area (Å²) in [6.45, 7) is 0. The molecule has 0 aliphatic carbocycles. The molecular weight excluding hydrogens is 246 g/mol. The molecule has 1 aromatic carbocycles. The first kappa shape index (κ1) is 12.7. The predicted octanol–water partition coefficient (Wildman–Crippen LogP) is 1.63. The van der Waals surface area contributed by atoms with E-state index in [1.165, 1.54) is 25.6 Å². The van der Waals surface area contributed by atoms with Crippen molar-refractivity contribution in [2.24, 2.45) is 0 Å². The smallest absolute Gasteiger partial charge is 0.257 e. The zero-order valence-electron chi connectivity index (χ0n) is 10.3. The van der Waals surface area contributed by atoms with Gasteiger partial charge in [0.05, 0.1) is 30.2 Å². The number of ether oxygens (including phenoxy) is 1. The fraction of sp³-hybridized carbons (Fsp3) is 0.0769. The van der Waals surface area contributed by atoms with Crippen LogP contribution in [0.2, 0.25) is 0 Å². The lowest BCUT2D eigenvalue weighted by atomic mass is 10.2. The highest BCUT2D eigenvalue weighted by atomic mass is 16.5. The highest BCUT2D eigenvalue weighted by Crippen LogP contribution is 2.25. The van der Waals surface area contributed by atoms with Crippen LogP contribution in [0.4, 0.5) is 11.4 Å². The molecule has 0 aliphatic rings. The first-order chi connectivity index (χ1) is 9.10. The molecule has 2 rings (SSSR count).